The molecule has 0 aliphatic heterocycles. The zero-order chi connectivity index (χ0) is 13.8. The van der Waals surface area contributed by atoms with Crippen LogP contribution in [0.3, 0.4) is 0 Å². The number of rotatable bonds is 2. The Morgan fingerprint density at radius 1 is 1.00 bits per heavy atom. The largest absolute Gasteiger partial charge is 0.323 e. The molecule has 0 saturated carbocycles. The number of carbonyl (C=O) groups excluding carboxylic acids is 1. The molecule has 0 aliphatic carbocycles. The van der Waals surface area contributed by atoms with Gasteiger partial charge in [0.25, 0.3) is 0 Å². The van der Waals surface area contributed by atoms with E-state index in [0.717, 1.165) is 25.9 Å². The Labute approximate surface area is 128 Å². The van der Waals surface area contributed by atoms with Gasteiger partial charge in [-0.15, -0.1) is 0 Å². The van der Waals surface area contributed by atoms with Crippen LogP contribution in [0, 0.1) is 6.92 Å². The first kappa shape index (κ1) is 14.1. The molecule has 0 atom stereocenters. The van der Waals surface area contributed by atoms with Crippen molar-refractivity contribution in [2.75, 3.05) is 10.6 Å². The molecule has 98 valence electrons. The molecule has 2 aromatic carbocycles. The van der Waals surface area contributed by atoms with E-state index in [1.54, 1.807) is 0 Å². The molecule has 2 N–H and O–H groups in total. The smallest absolute Gasteiger partial charge is 0.308 e. The molecule has 2 rings (SSSR count). The number of benzene rings is 2. The minimum atomic E-state index is -0.275. The first-order chi connectivity index (χ1) is 9.06. The summed E-state index contributed by atoms with van der Waals surface area (Å²) in [6, 6.07) is 12.9. The van der Waals surface area contributed by atoms with E-state index in [9.17, 15) is 4.79 Å². The Bertz CT molecular complexity index is 614. The van der Waals surface area contributed by atoms with E-state index < -0.39 is 0 Å². The summed E-state index contributed by atoms with van der Waals surface area (Å²) < 4.78 is 1.81. The summed E-state index contributed by atoms with van der Waals surface area (Å²) in [5.41, 5.74) is 2.59. The van der Waals surface area contributed by atoms with E-state index in [1.807, 2.05) is 49.4 Å². The summed E-state index contributed by atoms with van der Waals surface area (Å²) in [5.74, 6) is 0. The monoisotopic (exact) mass is 382 g/mol. The van der Waals surface area contributed by atoms with Crippen LogP contribution in [0.25, 0.3) is 0 Å². The van der Waals surface area contributed by atoms with Gasteiger partial charge in [-0.1, -0.05) is 34.1 Å². The molecule has 2 aromatic rings. The van der Waals surface area contributed by atoms with Crippen molar-refractivity contribution in [1.29, 1.82) is 0 Å². The highest BCUT2D eigenvalue weighted by Crippen LogP contribution is 2.23. The van der Waals surface area contributed by atoms with Crippen molar-refractivity contribution in [2.45, 2.75) is 6.92 Å². The number of aryl methyl sites for hydroxylation is 1. The lowest BCUT2D eigenvalue weighted by Crippen LogP contribution is -2.19. The second-order valence-electron chi connectivity index (χ2n) is 4.02. The highest BCUT2D eigenvalue weighted by atomic mass is 79.9. The second-order valence-corrected chi connectivity index (χ2v) is 5.73. The maximum Gasteiger partial charge on any atom is 0.323 e. The van der Waals surface area contributed by atoms with E-state index in [-0.39, 0.29) is 6.03 Å². The molecule has 0 saturated heterocycles. The molecule has 0 unspecified atom stereocenters. The van der Waals surface area contributed by atoms with Gasteiger partial charge in [0.2, 0.25) is 0 Å². The molecular formula is C14H12Br2N2O. The Morgan fingerprint density at radius 3 is 2.42 bits per heavy atom. The molecule has 0 heterocycles. The van der Waals surface area contributed by atoms with Crippen molar-refractivity contribution in [3.05, 3.63) is 57.0 Å². The summed E-state index contributed by atoms with van der Waals surface area (Å²) in [6.45, 7) is 2.00. The van der Waals surface area contributed by atoms with Crippen molar-refractivity contribution >= 4 is 49.3 Å². The number of nitrogens with one attached hydrogen (secondary N) is 2. The number of hydrogen-bond acceptors (Lipinski definition) is 1. The van der Waals surface area contributed by atoms with E-state index >= 15 is 0 Å². The Balaban J connectivity index is 2.05. The zero-order valence-electron chi connectivity index (χ0n) is 10.2. The van der Waals surface area contributed by atoms with Crippen LogP contribution in [-0.4, -0.2) is 6.03 Å². The highest BCUT2D eigenvalue weighted by Gasteiger charge is 2.05. The van der Waals surface area contributed by atoms with E-state index in [4.69, 9.17) is 0 Å². The predicted octanol–water partition coefficient (Wildman–Crippen LogP) is 5.16. The summed E-state index contributed by atoms with van der Waals surface area (Å²) in [7, 11) is 0. The van der Waals surface area contributed by atoms with E-state index in [0.29, 0.717) is 0 Å². The molecule has 19 heavy (non-hydrogen) atoms. The molecule has 3 nitrogen and oxygen atoms in total. The average molecular weight is 384 g/mol. The second kappa shape index (κ2) is 6.21. The van der Waals surface area contributed by atoms with E-state index in [1.165, 1.54) is 0 Å². The molecule has 0 aromatic heterocycles. The number of amides is 2. The summed E-state index contributed by atoms with van der Waals surface area (Å²) in [4.78, 5) is 11.9. The number of carbonyl (C=O) groups is 1. The molecule has 0 bridgehead atoms. The molecule has 0 radical (unpaired) electrons. The maximum atomic E-state index is 11.9. The lowest BCUT2D eigenvalue weighted by molar-refractivity contribution is 0.262. The standard InChI is InChI=1S/C14H12Br2N2O/c1-9-6-7-10(8-12(9)16)17-14(19)18-13-5-3-2-4-11(13)15/h2-8H,1H3,(H2,17,18,19). The van der Waals surface area contributed by atoms with Gasteiger partial charge in [-0.3, -0.25) is 0 Å². The molecule has 0 spiro atoms. The van der Waals surface area contributed by atoms with Crippen molar-refractivity contribution in [1.82, 2.24) is 0 Å². The normalized spacial score (nSPS) is 10.1. The highest BCUT2D eigenvalue weighted by molar-refractivity contribution is 9.10. The average Bonchev–Trinajstić information content (AvgIpc) is 2.37. The first-order valence-corrected chi connectivity index (χ1v) is 7.23. The third-order valence-electron chi connectivity index (χ3n) is 2.55. The van der Waals surface area contributed by atoms with Crippen molar-refractivity contribution in [3.8, 4) is 0 Å². The van der Waals surface area contributed by atoms with Crippen LogP contribution in [0.1, 0.15) is 5.56 Å². The minimum absolute atomic E-state index is 0.275. The van der Waals surface area contributed by atoms with Crippen LogP contribution in [0.2, 0.25) is 0 Å². The quantitative estimate of drug-likeness (QED) is 0.738. The molecule has 0 fully saturated rings. The summed E-state index contributed by atoms with van der Waals surface area (Å²) >= 11 is 6.82. The van der Waals surface area contributed by atoms with Gasteiger partial charge in [0.05, 0.1) is 5.69 Å². The van der Waals surface area contributed by atoms with Gasteiger partial charge >= 0.3 is 6.03 Å². The van der Waals surface area contributed by atoms with Crippen LogP contribution in [-0.2, 0) is 0 Å². The SMILES string of the molecule is Cc1ccc(NC(=O)Nc2ccccc2Br)cc1Br. The molecular weight excluding hydrogens is 372 g/mol. The predicted molar refractivity (Wildman–Crippen MR) is 85.7 cm³/mol. The van der Waals surface area contributed by atoms with Crippen LogP contribution in [0.4, 0.5) is 16.2 Å². The summed E-state index contributed by atoms with van der Waals surface area (Å²) in [6.07, 6.45) is 0. The molecule has 0 aliphatic rings. The van der Waals surface area contributed by atoms with Gasteiger partial charge in [-0.2, -0.15) is 0 Å². The lowest BCUT2D eigenvalue weighted by atomic mass is 10.2. The van der Waals surface area contributed by atoms with Crippen LogP contribution in [0.5, 0.6) is 0 Å². The fraction of sp³-hybridized carbons (Fsp3) is 0.0714. The fourth-order valence-electron chi connectivity index (χ4n) is 1.52. The number of urea groups is 1. The van der Waals surface area contributed by atoms with E-state index in [2.05, 4.69) is 42.5 Å². The van der Waals surface area contributed by atoms with Gasteiger partial charge in [0.15, 0.2) is 0 Å². The molecule has 2 amide bonds. The third-order valence-corrected chi connectivity index (χ3v) is 4.10. The first-order valence-electron chi connectivity index (χ1n) is 5.65. The lowest BCUT2D eigenvalue weighted by Gasteiger charge is -2.09. The Hall–Kier alpha value is -1.33. The van der Waals surface area contributed by atoms with Crippen molar-refractivity contribution < 1.29 is 4.79 Å². The van der Waals surface area contributed by atoms with Crippen LogP contribution < -0.4 is 10.6 Å². The van der Waals surface area contributed by atoms with Gasteiger partial charge in [-0.25, -0.2) is 4.79 Å². The number of hydrogen-bond donors (Lipinski definition) is 2. The number of para-hydroxylation sites is 1. The van der Waals surface area contributed by atoms with Crippen molar-refractivity contribution in [3.63, 3.8) is 0 Å². The van der Waals surface area contributed by atoms with Gasteiger partial charge < -0.3 is 10.6 Å². The van der Waals surface area contributed by atoms with Gasteiger partial charge in [0, 0.05) is 14.6 Å². The topological polar surface area (TPSA) is 41.1 Å². The third kappa shape index (κ3) is 3.81. The van der Waals surface area contributed by atoms with Gasteiger partial charge in [-0.05, 0) is 52.7 Å². The van der Waals surface area contributed by atoms with Crippen LogP contribution >= 0.6 is 31.9 Å². The Kier molecular flexibility index (Phi) is 4.61. The summed E-state index contributed by atoms with van der Waals surface area (Å²) in [5, 5.41) is 5.57. The van der Waals surface area contributed by atoms with Crippen LogP contribution in [0.15, 0.2) is 51.4 Å². The number of anilines is 2. The fourth-order valence-corrected chi connectivity index (χ4v) is 2.28. The number of halogens is 2. The minimum Gasteiger partial charge on any atom is -0.308 e. The van der Waals surface area contributed by atoms with Crippen molar-refractivity contribution in [2.24, 2.45) is 0 Å². The Morgan fingerprint density at radius 2 is 1.74 bits per heavy atom. The zero-order valence-corrected chi connectivity index (χ0v) is 13.4. The maximum absolute atomic E-state index is 11.9. The van der Waals surface area contributed by atoms with Gasteiger partial charge in [0.1, 0.15) is 0 Å². The molecule has 5 heteroatoms.